The molecule has 25 heavy (non-hydrogen) atoms. The summed E-state index contributed by atoms with van der Waals surface area (Å²) in [7, 11) is 0. The summed E-state index contributed by atoms with van der Waals surface area (Å²) in [6.07, 6.45) is 3.06. The molecule has 0 spiro atoms. The van der Waals surface area contributed by atoms with E-state index in [1.54, 1.807) is 13.8 Å². The lowest BCUT2D eigenvalue weighted by molar-refractivity contribution is -0.150. The van der Waals surface area contributed by atoms with E-state index in [4.69, 9.17) is 0 Å². The molecule has 4 nitrogen and oxygen atoms in total. The number of rotatable bonds is 4. The van der Waals surface area contributed by atoms with Crippen molar-refractivity contribution < 1.29 is 9.59 Å². The van der Waals surface area contributed by atoms with Crippen LogP contribution in [0.3, 0.4) is 0 Å². The van der Waals surface area contributed by atoms with Crippen molar-refractivity contribution in [1.29, 1.82) is 0 Å². The molecule has 4 heteroatoms. The normalized spacial score (nSPS) is 16.6. The second-order valence-corrected chi connectivity index (χ2v) is 8.75. The fourth-order valence-electron chi connectivity index (χ4n) is 3.28. The lowest BCUT2D eigenvalue weighted by Gasteiger charge is -2.37. The molecule has 2 amide bonds. The second-order valence-electron chi connectivity index (χ2n) is 8.75. The Kier molecular flexibility index (Phi) is 5.91. The third kappa shape index (κ3) is 5.32. The van der Waals surface area contributed by atoms with Crippen LogP contribution in [-0.4, -0.2) is 35.3 Å². The van der Waals surface area contributed by atoms with E-state index in [2.05, 4.69) is 29.6 Å². The molecule has 1 N–H and O–H groups in total. The Balaban J connectivity index is 1.90. The Morgan fingerprint density at radius 1 is 1.04 bits per heavy atom. The summed E-state index contributed by atoms with van der Waals surface area (Å²) in [5, 5.41) is 2.93. The zero-order valence-corrected chi connectivity index (χ0v) is 16.3. The molecule has 0 saturated carbocycles. The van der Waals surface area contributed by atoms with E-state index < -0.39 is 5.41 Å². The lowest BCUT2D eigenvalue weighted by Crippen LogP contribution is -2.54. The Labute approximate surface area is 152 Å². The number of nitrogens with one attached hydrogen (secondary N) is 1. The van der Waals surface area contributed by atoms with Gasteiger partial charge in [0, 0.05) is 18.6 Å². The maximum Gasteiger partial charge on any atom is 0.237 e. The zero-order valence-electron chi connectivity index (χ0n) is 16.3. The predicted octanol–water partition coefficient (Wildman–Crippen LogP) is 3.41. The van der Waals surface area contributed by atoms with Crippen molar-refractivity contribution in [2.45, 2.75) is 59.4 Å². The van der Waals surface area contributed by atoms with Gasteiger partial charge >= 0.3 is 0 Å². The Bertz CT molecular complexity index is 594. The summed E-state index contributed by atoms with van der Waals surface area (Å²) in [5.41, 5.74) is -0.00575. The van der Waals surface area contributed by atoms with Gasteiger partial charge in [-0.15, -0.1) is 0 Å². The average Bonchev–Trinajstić information content (AvgIpc) is 2.54. The van der Waals surface area contributed by atoms with Crippen LogP contribution in [-0.2, 0) is 16.0 Å². The summed E-state index contributed by atoms with van der Waals surface area (Å²) in [4.78, 5) is 27.3. The van der Waals surface area contributed by atoms with Crippen LogP contribution in [0.1, 0.15) is 53.0 Å². The maximum absolute atomic E-state index is 12.9. The maximum atomic E-state index is 12.9. The molecule has 2 rings (SSSR count). The lowest BCUT2D eigenvalue weighted by atomic mass is 9.86. The van der Waals surface area contributed by atoms with E-state index in [9.17, 15) is 9.59 Å². The highest BCUT2D eigenvalue weighted by Gasteiger charge is 2.41. The van der Waals surface area contributed by atoms with Gasteiger partial charge in [-0.1, -0.05) is 30.3 Å². The van der Waals surface area contributed by atoms with Crippen LogP contribution in [0.25, 0.3) is 0 Å². The van der Waals surface area contributed by atoms with Gasteiger partial charge in [0.1, 0.15) is 5.41 Å². The first kappa shape index (κ1) is 19.5. The molecular weight excluding hydrogens is 312 g/mol. The topological polar surface area (TPSA) is 49.4 Å². The summed E-state index contributed by atoms with van der Waals surface area (Å²) in [6, 6.07) is 10.5. The van der Waals surface area contributed by atoms with E-state index in [0.29, 0.717) is 5.92 Å². The van der Waals surface area contributed by atoms with Crippen molar-refractivity contribution in [2.75, 3.05) is 13.1 Å². The van der Waals surface area contributed by atoms with Gasteiger partial charge in [-0.2, -0.15) is 0 Å². The van der Waals surface area contributed by atoms with E-state index in [1.165, 1.54) is 5.56 Å². The Morgan fingerprint density at radius 2 is 1.60 bits per heavy atom. The number of benzene rings is 1. The number of amides is 2. The molecule has 1 aromatic carbocycles. The van der Waals surface area contributed by atoms with Crippen LogP contribution in [0.15, 0.2) is 30.3 Å². The molecule has 1 aliphatic heterocycles. The van der Waals surface area contributed by atoms with Crippen molar-refractivity contribution in [3.05, 3.63) is 35.9 Å². The van der Waals surface area contributed by atoms with Crippen LogP contribution < -0.4 is 5.32 Å². The number of nitrogens with zero attached hydrogens (tertiary/aromatic N) is 1. The van der Waals surface area contributed by atoms with Crippen molar-refractivity contribution in [1.82, 2.24) is 10.2 Å². The van der Waals surface area contributed by atoms with Gasteiger partial charge < -0.3 is 10.2 Å². The van der Waals surface area contributed by atoms with Crippen molar-refractivity contribution in [3.8, 4) is 0 Å². The van der Waals surface area contributed by atoms with Gasteiger partial charge in [0.2, 0.25) is 11.8 Å². The molecule has 1 fully saturated rings. The van der Waals surface area contributed by atoms with E-state index in [-0.39, 0.29) is 17.4 Å². The summed E-state index contributed by atoms with van der Waals surface area (Å²) >= 11 is 0. The summed E-state index contributed by atoms with van der Waals surface area (Å²) in [5.74, 6) is 0.349. The highest BCUT2D eigenvalue weighted by atomic mass is 16.2. The Morgan fingerprint density at radius 3 is 2.12 bits per heavy atom. The van der Waals surface area contributed by atoms with Crippen LogP contribution in [0, 0.1) is 11.3 Å². The number of piperidine rings is 1. The second kappa shape index (κ2) is 7.59. The third-order valence-electron chi connectivity index (χ3n) is 4.86. The molecule has 0 aliphatic carbocycles. The summed E-state index contributed by atoms with van der Waals surface area (Å²) < 4.78 is 0. The fraction of sp³-hybridized carbons (Fsp3) is 0.619. The van der Waals surface area contributed by atoms with E-state index in [1.807, 2.05) is 31.7 Å². The van der Waals surface area contributed by atoms with E-state index >= 15 is 0 Å². The predicted molar refractivity (Wildman–Crippen MR) is 101 cm³/mol. The van der Waals surface area contributed by atoms with Gasteiger partial charge in [-0.3, -0.25) is 9.59 Å². The zero-order chi connectivity index (χ0) is 18.7. The number of hydrogen-bond acceptors (Lipinski definition) is 2. The number of likely N-dealkylation sites (tertiary alicyclic amines) is 1. The highest BCUT2D eigenvalue weighted by molar-refractivity contribution is 6.04. The molecule has 0 radical (unpaired) electrons. The Hall–Kier alpha value is -1.84. The minimum atomic E-state index is -1.03. The standard InChI is InChI=1S/C21H32N2O2/c1-20(2,3)22-18(24)21(4,5)19(25)23-13-11-17(12-14-23)15-16-9-7-6-8-10-16/h6-10,17H,11-15H2,1-5H3,(H,22,24). The van der Waals surface area contributed by atoms with Crippen LogP contribution >= 0.6 is 0 Å². The molecule has 1 aromatic rings. The molecule has 138 valence electrons. The van der Waals surface area contributed by atoms with Gasteiger partial charge in [0.05, 0.1) is 0 Å². The highest BCUT2D eigenvalue weighted by Crippen LogP contribution is 2.27. The van der Waals surface area contributed by atoms with Gasteiger partial charge in [0.15, 0.2) is 0 Å². The number of hydrogen-bond donors (Lipinski definition) is 1. The monoisotopic (exact) mass is 344 g/mol. The van der Waals surface area contributed by atoms with Gasteiger partial charge in [-0.05, 0) is 65.4 Å². The first-order chi connectivity index (χ1) is 11.6. The molecule has 0 bridgehead atoms. The minimum Gasteiger partial charge on any atom is -0.351 e. The van der Waals surface area contributed by atoms with Gasteiger partial charge in [-0.25, -0.2) is 0 Å². The molecular formula is C21H32N2O2. The molecule has 1 aliphatic rings. The van der Waals surface area contributed by atoms with Crippen LogP contribution in [0.5, 0.6) is 0 Å². The van der Waals surface area contributed by atoms with Crippen LogP contribution in [0.2, 0.25) is 0 Å². The summed E-state index contributed by atoms with van der Waals surface area (Å²) in [6.45, 7) is 10.7. The number of carbonyl (C=O) groups is 2. The minimum absolute atomic E-state index is 0.0626. The quantitative estimate of drug-likeness (QED) is 0.851. The third-order valence-corrected chi connectivity index (χ3v) is 4.86. The van der Waals surface area contributed by atoms with Crippen molar-refractivity contribution in [2.24, 2.45) is 11.3 Å². The number of carbonyl (C=O) groups excluding carboxylic acids is 2. The largest absolute Gasteiger partial charge is 0.351 e. The molecule has 0 atom stereocenters. The first-order valence-corrected chi connectivity index (χ1v) is 9.25. The van der Waals surface area contributed by atoms with Crippen LogP contribution in [0.4, 0.5) is 0 Å². The van der Waals surface area contributed by atoms with Crippen molar-refractivity contribution >= 4 is 11.8 Å². The average molecular weight is 344 g/mol. The molecule has 1 saturated heterocycles. The smallest absolute Gasteiger partial charge is 0.237 e. The first-order valence-electron chi connectivity index (χ1n) is 9.25. The molecule has 1 heterocycles. The van der Waals surface area contributed by atoms with E-state index in [0.717, 1.165) is 32.4 Å². The SMILES string of the molecule is CC(C)(C)NC(=O)C(C)(C)C(=O)N1CCC(Cc2ccccc2)CC1. The molecule has 0 unspecified atom stereocenters. The van der Waals surface area contributed by atoms with Gasteiger partial charge in [0.25, 0.3) is 0 Å². The fourth-order valence-corrected chi connectivity index (χ4v) is 3.28. The molecule has 0 aromatic heterocycles. The van der Waals surface area contributed by atoms with Crippen molar-refractivity contribution in [3.63, 3.8) is 0 Å².